The van der Waals surface area contributed by atoms with Crippen molar-refractivity contribution in [3.8, 4) is 11.5 Å². The molecule has 0 N–H and O–H groups in total. The van der Waals surface area contributed by atoms with Crippen LogP contribution in [0.15, 0.2) is 18.2 Å². The van der Waals surface area contributed by atoms with Crippen molar-refractivity contribution in [1.82, 2.24) is 0 Å². The second kappa shape index (κ2) is 6.57. The minimum atomic E-state index is -0.285. The topological polar surface area (TPSA) is 44.8 Å². The summed E-state index contributed by atoms with van der Waals surface area (Å²) in [5.74, 6) is 1.27. The van der Waals surface area contributed by atoms with E-state index in [9.17, 15) is 4.79 Å². The molecule has 0 atom stereocenters. The molecule has 1 rings (SSSR count). The lowest BCUT2D eigenvalue weighted by Gasteiger charge is -2.22. The van der Waals surface area contributed by atoms with Crippen LogP contribution < -0.4 is 9.47 Å². The van der Waals surface area contributed by atoms with Crippen molar-refractivity contribution >= 4 is 5.78 Å². The van der Waals surface area contributed by atoms with Gasteiger partial charge in [0, 0.05) is 19.1 Å². The molecule has 0 aromatic heterocycles. The molecule has 4 nitrogen and oxygen atoms in total. The second-order valence-corrected chi connectivity index (χ2v) is 4.96. The maximum atomic E-state index is 12.1. The summed E-state index contributed by atoms with van der Waals surface area (Å²) in [5, 5.41) is 0. The van der Waals surface area contributed by atoms with Gasteiger partial charge in [0.15, 0.2) is 17.3 Å². The van der Waals surface area contributed by atoms with Crippen LogP contribution in [0, 0.1) is 0 Å². The number of rotatable bonds is 7. The van der Waals surface area contributed by atoms with Crippen molar-refractivity contribution in [3.63, 3.8) is 0 Å². The molecule has 0 amide bonds. The van der Waals surface area contributed by atoms with E-state index in [0.717, 1.165) is 0 Å². The van der Waals surface area contributed by atoms with Gasteiger partial charge >= 0.3 is 0 Å². The summed E-state index contributed by atoms with van der Waals surface area (Å²) in [6.07, 6.45) is 1.12. The Labute approximate surface area is 114 Å². The number of Topliss-reactive ketones (excluding diaryl/α,β-unsaturated/α-hetero) is 1. The van der Waals surface area contributed by atoms with E-state index >= 15 is 0 Å². The molecular weight excluding hydrogens is 244 g/mol. The quantitative estimate of drug-likeness (QED) is 0.711. The van der Waals surface area contributed by atoms with Crippen LogP contribution in [0.25, 0.3) is 0 Å². The molecule has 19 heavy (non-hydrogen) atoms. The maximum absolute atomic E-state index is 12.1. The van der Waals surface area contributed by atoms with E-state index in [2.05, 4.69) is 0 Å². The standard InChI is InChI=1S/C15H22O4/c1-15(2,19-5)9-8-12(16)11-6-7-13(17-3)14(10-11)18-4/h6-7,10H,8-9H2,1-5H3. The van der Waals surface area contributed by atoms with Gasteiger partial charge in [-0.2, -0.15) is 0 Å². The lowest BCUT2D eigenvalue weighted by Crippen LogP contribution is -2.23. The van der Waals surface area contributed by atoms with Crippen LogP contribution in [0.4, 0.5) is 0 Å². The number of carbonyl (C=O) groups excluding carboxylic acids is 1. The van der Waals surface area contributed by atoms with E-state index in [4.69, 9.17) is 14.2 Å². The molecule has 0 unspecified atom stereocenters. The van der Waals surface area contributed by atoms with Crippen LogP contribution in [-0.2, 0) is 4.74 Å². The van der Waals surface area contributed by atoms with Gasteiger partial charge in [0.25, 0.3) is 0 Å². The third kappa shape index (κ3) is 4.24. The average molecular weight is 266 g/mol. The summed E-state index contributed by atoms with van der Waals surface area (Å²) in [6, 6.07) is 5.21. The minimum Gasteiger partial charge on any atom is -0.493 e. The minimum absolute atomic E-state index is 0.0751. The summed E-state index contributed by atoms with van der Waals surface area (Å²) in [6.45, 7) is 3.93. The number of hydrogen-bond donors (Lipinski definition) is 0. The number of ether oxygens (including phenoxy) is 3. The second-order valence-electron chi connectivity index (χ2n) is 4.96. The molecule has 0 aliphatic rings. The van der Waals surface area contributed by atoms with Crippen LogP contribution in [0.2, 0.25) is 0 Å². The van der Waals surface area contributed by atoms with E-state index in [1.54, 1.807) is 39.5 Å². The fourth-order valence-corrected chi connectivity index (χ4v) is 1.67. The number of benzene rings is 1. The summed E-state index contributed by atoms with van der Waals surface area (Å²) in [4.78, 5) is 12.1. The smallest absolute Gasteiger partial charge is 0.163 e. The van der Waals surface area contributed by atoms with Gasteiger partial charge in [-0.15, -0.1) is 0 Å². The van der Waals surface area contributed by atoms with Crippen LogP contribution in [0.1, 0.15) is 37.0 Å². The monoisotopic (exact) mass is 266 g/mol. The first-order valence-corrected chi connectivity index (χ1v) is 6.24. The number of ketones is 1. The third-order valence-corrected chi connectivity index (χ3v) is 3.21. The lowest BCUT2D eigenvalue weighted by atomic mass is 9.97. The van der Waals surface area contributed by atoms with Gasteiger partial charge in [0.05, 0.1) is 19.8 Å². The van der Waals surface area contributed by atoms with E-state index < -0.39 is 0 Å². The summed E-state index contributed by atoms with van der Waals surface area (Å²) in [7, 11) is 4.78. The van der Waals surface area contributed by atoms with Crippen LogP contribution in [0.3, 0.4) is 0 Å². The van der Waals surface area contributed by atoms with Gasteiger partial charge in [0.2, 0.25) is 0 Å². The zero-order valence-electron chi connectivity index (χ0n) is 12.3. The molecule has 0 bridgehead atoms. The summed E-state index contributed by atoms with van der Waals surface area (Å²) >= 11 is 0. The Balaban J connectivity index is 2.78. The fraction of sp³-hybridized carbons (Fsp3) is 0.533. The van der Waals surface area contributed by atoms with Crippen LogP contribution in [-0.4, -0.2) is 32.7 Å². The highest BCUT2D eigenvalue weighted by atomic mass is 16.5. The fourth-order valence-electron chi connectivity index (χ4n) is 1.67. The molecule has 0 aliphatic carbocycles. The van der Waals surface area contributed by atoms with Crippen molar-refractivity contribution < 1.29 is 19.0 Å². The normalized spacial score (nSPS) is 11.2. The Hall–Kier alpha value is -1.55. The lowest BCUT2D eigenvalue weighted by molar-refractivity contribution is 0.0141. The molecule has 0 saturated carbocycles. The first-order valence-electron chi connectivity index (χ1n) is 6.24. The van der Waals surface area contributed by atoms with Crippen LogP contribution in [0.5, 0.6) is 11.5 Å². The Kier molecular flexibility index (Phi) is 5.36. The van der Waals surface area contributed by atoms with E-state index in [1.807, 2.05) is 13.8 Å². The van der Waals surface area contributed by atoms with Gasteiger partial charge in [-0.3, -0.25) is 4.79 Å². The molecule has 0 radical (unpaired) electrons. The van der Waals surface area contributed by atoms with Gasteiger partial charge in [-0.25, -0.2) is 0 Å². The van der Waals surface area contributed by atoms with Crippen molar-refractivity contribution in [1.29, 1.82) is 0 Å². The summed E-state index contributed by atoms with van der Waals surface area (Å²) < 4.78 is 15.6. The van der Waals surface area contributed by atoms with E-state index in [0.29, 0.717) is 29.9 Å². The largest absolute Gasteiger partial charge is 0.493 e. The number of hydrogen-bond acceptors (Lipinski definition) is 4. The zero-order valence-corrected chi connectivity index (χ0v) is 12.3. The first-order chi connectivity index (χ1) is 8.93. The predicted molar refractivity (Wildman–Crippen MR) is 74.2 cm³/mol. The molecular formula is C15H22O4. The number of carbonyl (C=O) groups is 1. The molecule has 0 aliphatic heterocycles. The van der Waals surface area contributed by atoms with Crippen molar-refractivity contribution in [2.24, 2.45) is 0 Å². The molecule has 1 aromatic carbocycles. The summed E-state index contributed by atoms with van der Waals surface area (Å²) in [5.41, 5.74) is 0.344. The predicted octanol–water partition coefficient (Wildman–Crippen LogP) is 3.09. The van der Waals surface area contributed by atoms with Crippen molar-refractivity contribution in [3.05, 3.63) is 23.8 Å². The SMILES string of the molecule is COc1ccc(C(=O)CCC(C)(C)OC)cc1OC. The highest BCUT2D eigenvalue weighted by Crippen LogP contribution is 2.28. The highest BCUT2D eigenvalue weighted by Gasteiger charge is 2.19. The van der Waals surface area contributed by atoms with E-state index in [1.165, 1.54) is 0 Å². The zero-order chi connectivity index (χ0) is 14.5. The molecule has 0 fully saturated rings. The Morgan fingerprint density at radius 3 is 2.26 bits per heavy atom. The molecule has 106 valence electrons. The Morgan fingerprint density at radius 2 is 1.74 bits per heavy atom. The van der Waals surface area contributed by atoms with Crippen LogP contribution >= 0.6 is 0 Å². The Bertz CT molecular complexity index is 438. The first kappa shape index (κ1) is 15.5. The third-order valence-electron chi connectivity index (χ3n) is 3.21. The highest BCUT2D eigenvalue weighted by molar-refractivity contribution is 5.96. The number of methoxy groups -OCH3 is 3. The van der Waals surface area contributed by atoms with Crippen molar-refractivity contribution in [2.45, 2.75) is 32.3 Å². The van der Waals surface area contributed by atoms with Crippen molar-refractivity contribution in [2.75, 3.05) is 21.3 Å². The average Bonchev–Trinajstić information content (AvgIpc) is 2.44. The maximum Gasteiger partial charge on any atom is 0.163 e. The molecule has 4 heteroatoms. The van der Waals surface area contributed by atoms with Gasteiger partial charge in [-0.1, -0.05) is 0 Å². The van der Waals surface area contributed by atoms with Gasteiger partial charge < -0.3 is 14.2 Å². The van der Waals surface area contributed by atoms with Gasteiger partial charge in [-0.05, 0) is 38.5 Å². The molecule has 0 heterocycles. The Morgan fingerprint density at radius 1 is 1.11 bits per heavy atom. The molecule has 0 spiro atoms. The molecule has 1 aromatic rings. The molecule has 0 saturated heterocycles. The van der Waals surface area contributed by atoms with Gasteiger partial charge in [0.1, 0.15) is 0 Å². The van der Waals surface area contributed by atoms with E-state index in [-0.39, 0.29) is 11.4 Å².